The number of hydrogen-bond acceptors (Lipinski definition) is 3. The van der Waals surface area contributed by atoms with E-state index in [9.17, 15) is 9.59 Å². The Balaban J connectivity index is 1.35. The summed E-state index contributed by atoms with van der Waals surface area (Å²) in [6.45, 7) is 5.40. The summed E-state index contributed by atoms with van der Waals surface area (Å²) in [5.74, 6) is 0.209. The number of carbonyl (C=O) groups is 2. The topological polar surface area (TPSA) is 47.1 Å². The first kappa shape index (κ1) is 21.4. The van der Waals surface area contributed by atoms with Crippen LogP contribution in [0.4, 0.5) is 16.2 Å². The molecule has 6 nitrogen and oxygen atoms in total. The number of nitrogens with zero attached hydrogens (tertiary/aromatic N) is 4. The van der Waals surface area contributed by atoms with Gasteiger partial charge in [0.2, 0.25) is 5.91 Å². The molecular weight excluding hydrogens is 388 g/mol. The number of amides is 3. The Morgan fingerprint density at radius 1 is 0.677 bits per heavy atom. The number of hydrogen-bond donors (Lipinski definition) is 0. The van der Waals surface area contributed by atoms with E-state index >= 15 is 0 Å². The fourth-order valence-corrected chi connectivity index (χ4v) is 4.41. The molecule has 2 aliphatic rings. The van der Waals surface area contributed by atoms with E-state index in [0.717, 1.165) is 31.0 Å². The largest absolute Gasteiger partial charge is 0.339 e. The second-order valence-corrected chi connectivity index (χ2v) is 8.31. The third-order valence-corrected chi connectivity index (χ3v) is 6.21. The SMILES string of the molecule is O=C(CCN1CCCCC1)N1CCN(C(=O)N(c2ccccc2)c2ccccc2)CC1. The Bertz CT molecular complexity index is 805. The molecule has 164 valence electrons. The molecule has 2 aliphatic heterocycles. The van der Waals surface area contributed by atoms with Crippen LogP contribution in [-0.2, 0) is 4.79 Å². The standard InChI is InChI=1S/C25H32N4O2/c30-24(14-17-26-15-8-3-9-16-26)27-18-20-28(21-19-27)25(31)29(22-10-4-1-5-11-22)23-12-6-2-7-13-23/h1-2,4-7,10-13H,3,8-9,14-21H2. The van der Waals surface area contributed by atoms with Crippen molar-refractivity contribution in [1.29, 1.82) is 0 Å². The minimum atomic E-state index is -0.0437. The summed E-state index contributed by atoms with van der Waals surface area (Å²) < 4.78 is 0. The summed E-state index contributed by atoms with van der Waals surface area (Å²) in [4.78, 5) is 34.1. The molecule has 0 unspecified atom stereocenters. The van der Waals surface area contributed by atoms with E-state index in [-0.39, 0.29) is 11.9 Å². The number of likely N-dealkylation sites (tertiary alicyclic amines) is 1. The molecular formula is C25H32N4O2. The van der Waals surface area contributed by atoms with Crippen LogP contribution in [0.1, 0.15) is 25.7 Å². The maximum atomic E-state index is 13.4. The van der Waals surface area contributed by atoms with Gasteiger partial charge >= 0.3 is 6.03 Å². The van der Waals surface area contributed by atoms with Crippen LogP contribution in [0.5, 0.6) is 0 Å². The van der Waals surface area contributed by atoms with E-state index in [0.29, 0.717) is 32.6 Å². The predicted octanol–water partition coefficient (Wildman–Crippen LogP) is 3.96. The predicted molar refractivity (Wildman–Crippen MR) is 123 cm³/mol. The highest BCUT2D eigenvalue weighted by Crippen LogP contribution is 2.27. The molecule has 2 heterocycles. The van der Waals surface area contributed by atoms with E-state index in [1.165, 1.54) is 19.3 Å². The van der Waals surface area contributed by atoms with Crippen LogP contribution in [0, 0.1) is 0 Å². The number of anilines is 2. The van der Waals surface area contributed by atoms with Gasteiger partial charge in [0.15, 0.2) is 0 Å². The van der Waals surface area contributed by atoms with Crippen molar-refractivity contribution >= 4 is 23.3 Å². The van der Waals surface area contributed by atoms with Gasteiger partial charge in [-0.3, -0.25) is 9.69 Å². The number of para-hydroxylation sites is 2. The molecule has 0 aliphatic carbocycles. The summed E-state index contributed by atoms with van der Waals surface area (Å²) in [5.41, 5.74) is 1.69. The average Bonchev–Trinajstić information content (AvgIpc) is 2.85. The number of benzene rings is 2. The molecule has 0 N–H and O–H groups in total. The van der Waals surface area contributed by atoms with Crippen molar-refractivity contribution in [1.82, 2.24) is 14.7 Å². The number of piperidine rings is 1. The molecule has 2 fully saturated rings. The molecule has 0 bridgehead atoms. The third kappa shape index (κ3) is 5.44. The molecule has 0 spiro atoms. The lowest BCUT2D eigenvalue weighted by Crippen LogP contribution is -2.53. The lowest BCUT2D eigenvalue weighted by atomic mass is 10.1. The molecule has 0 atom stereocenters. The average molecular weight is 421 g/mol. The van der Waals surface area contributed by atoms with Crippen molar-refractivity contribution < 1.29 is 9.59 Å². The zero-order chi connectivity index (χ0) is 21.5. The number of carbonyl (C=O) groups excluding carboxylic acids is 2. The normalized spacial score (nSPS) is 17.4. The molecule has 31 heavy (non-hydrogen) atoms. The van der Waals surface area contributed by atoms with E-state index < -0.39 is 0 Å². The Labute approximate surface area is 185 Å². The van der Waals surface area contributed by atoms with Gasteiger partial charge in [-0.2, -0.15) is 0 Å². The van der Waals surface area contributed by atoms with Crippen molar-refractivity contribution in [3.8, 4) is 0 Å². The van der Waals surface area contributed by atoms with Crippen molar-refractivity contribution in [3.05, 3.63) is 60.7 Å². The van der Waals surface area contributed by atoms with Crippen LogP contribution in [0.25, 0.3) is 0 Å². The maximum Gasteiger partial charge on any atom is 0.329 e. The lowest BCUT2D eigenvalue weighted by molar-refractivity contribution is -0.133. The maximum absolute atomic E-state index is 13.4. The molecule has 2 aromatic rings. The molecule has 6 heteroatoms. The van der Waals surface area contributed by atoms with Crippen LogP contribution in [-0.4, -0.2) is 72.5 Å². The molecule has 0 radical (unpaired) electrons. The van der Waals surface area contributed by atoms with Crippen LogP contribution in [0.2, 0.25) is 0 Å². The summed E-state index contributed by atoms with van der Waals surface area (Å²) >= 11 is 0. The molecule has 2 aromatic carbocycles. The fraction of sp³-hybridized carbons (Fsp3) is 0.440. The summed E-state index contributed by atoms with van der Waals surface area (Å²) in [6, 6.07) is 19.4. The second kappa shape index (κ2) is 10.4. The number of rotatable bonds is 5. The monoisotopic (exact) mass is 420 g/mol. The number of piperazine rings is 1. The smallest absolute Gasteiger partial charge is 0.329 e. The van der Waals surface area contributed by atoms with E-state index in [2.05, 4.69) is 4.90 Å². The minimum absolute atomic E-state index is 0.0437. The zero-order valence-corrected chi connectivity index (χ0v) is 18.2. The van der Waals surface area contributed by atoms with Crippen molar-refractivity contribution in [2.24, 2.45) is 0 Å². The minimum Gasteiger partial charge on any atom is -0.339 e. The summed E-state index contributed by atoms with van der Waals surface area (Å²) in [5, 5.41) is 0. The highest BCUT2D eigenvalue weighted by Gasteiger charge is 2.29. The lowest BCUT2D eigenvalue weighted by Gasteiger charge is -2.38. The van der Waals surface area contributed by atoms with Gasteiger partial charge in [-0.05, 0) is 50.2 Å². The van der Waals surface area contributed by atoms with Gasteiger partial charge in [0.05, 0.1) is 11.4 Å². The quantitative estimate of drug-likeness (QED) is 0.736. The Hall–Kier alpha value is -2.86. The van der Waals surface area contributed by atoms with Gasteiger partial charge in [0, 0.05) is 39.1 Å². The van der Waals surface area contributed by atoms with Gasteiger partial charge in [-0.25, -0.2) is 4.79 Å². The first-order valence-electron chi connectivity index (χ1n) is 11.4. The van der Waals surface area contributed by atoms with Crippen LogP contribution in [0.3, 0.4) is 0 Å². The molecule has 0 aromatic heterocycles. The summed E-state index contributed by atoms with van der Waals surface area (Å²) in [6.07, 6.45) is 4.38. The number of urea groups is 1. The molecule has 4 rings (SSSR count). The molecule has 2 saturated heterocycles. The first-order valence-corrected chi connectivity index (χ1v) is 11.4. The van der Waals surface area contributed by atoms with Crippen molar-refractivity contribution in [2.45, 2.75) is 25.7 Å². The van der Waals surface area contributed by atoms with Gasteiger partial charge in [-0.15, -0.1) is 0 Å². The van der Waals surface area contributed by atoms with Gasteiger partial charge in [0.1, 0.15) is 0 Å². The first-order chi connectivity index (χ1) is 15.2. The fourth-order valence-electron chi connectivity index (χ4n) is 4.41. The van der Waals surface area contributed by atoms with Crippen molar-refractivity contribution in [3.63, 3.8) is 0 Å². The molecule has 0 saturated carbocycles. The van der Waals surface area contributed by atoms with Crippen LogP contribution < -0.4 is 4.90 Å². The van der Waals surface area contributed by atoms with Crippen LogP contribution in [0.15, 0.2) is 60.7 Å². The zero-order valence-electron chi connectivity index (χ0n) is 18.2. The summed E-state index contributed by atoms with van der Waals surface area (Å²) in [7, 11) is 0. The van der Waals surface area contributed by atoms with E-state index in [1.807, 2.05) is 70.5 Å². The third-order valence-electron chi connectivity index (χ3n) is 6.21. The Morgan fingerprint density at radius 2 is 1.19 bits per heavy atom. The molecule has 3 amide bonds. The van der Waals surface area contributed by atoms with Gasteiger partial charge < -0.3 is 14.7 Å². The Morgan fingerprint density at radius 3 is 1.74 bits per heavy atom. The van der Waals surface area contributed by atoms with Gasteiger partial charge in [-0.1, -0.05) is 42.8 Å². The van der Waals surface area contributed by atoms with Crippen LogP contribution >= 0.6 is 0 Å². The Kier molecular flexibility index (Phi) is 7.20. The highest BCUT2D eigenvalue weighted by molar-refractivity contribution is 5.99. The van der Waals surface area contributed by atoms with Crippen molar-refractivity contribution in [2.75, 3.05) is 50.7 Å². The van der Waals surface area contributed by atoms with E-state index in [1.54, 1.807) is 4.90 Å². The van der Waals surface area contributed by atoms with Gasteiger partial charge in [0.25, 0.3) is 0 Å². The second-order valence-electron chi connectivity index (χ2n) is 8.31. The highest BCUT2D eigenvalue weighted by atomic mass is 16.2. The van der Waals surface area contributed by atoms with E-state index in [4.69, 9.17) is 0 Å².